The summed E-state index contributed by atoms with van der Waals surface area (Å²) in [5.74, 6) is -1.82. The number of hydrogen-bond donors (Lipinski definition) is 1. The molecule has 24 heavy (non-hydrogen) atoms. The lowest BCUT2D eigenvalue weighted by Gasteiger charge is -2.21. The van der Waals surface area contributed by atoms with Gasteiger partial charge in [-0.15, -0.1) is 28.2 Å². The molecule has 0 aliphatic carbocycles. The molecule has 0 saturated heterocycles. The van der Waals surface area contributed by atoms with Gasteiger partial charge in [0.2, 0.25) is 5.66 Å². The Labute approximate surface area is 145 Å². The van der Waals surface area contributed by atoms with Crippen molar-refractivity contribution < 1.29 is 22.2 Å². The van der Waals surface area contributed by atoms with Crippen LogP contribution in [-0.4, -0.2) is 21.3 Å². The minimum Gasteiger partial charge on any atom is -0.394 e. The maximum absolute atomic E-state index is 12.8. The molecule has 5 nitrogen and oxygen atoms in total. The Morgan fingerprint density at radius 3 is 2.83 bits per heavy atom. The van der Waals surface area contributed by atoms with Gasteiger partial charge in [-0.05, 0) is 11.4 Å². The summed E-state index contributed by atoms with van der Waals surface area (Å²) in [6.45, 7) is 0. The smallest absolute Gasteiger partial charge is 0.301 e. The number of thiazole rings is 1. The topological polar surface area (TPSA) is 63.6 Å². The molecule has 0 amide bonds. The summed E-state index contributed by atoms with van der Waals surface area (Å²) in [4.78, 5) is 14.9. The van der Waals surface area contributed by atoms with Crippen molar-refractivity contribution in [1.82, 2.24) is 10.5 Å². The number of halogens is 3. The molecule has 3 rings (SSSR count). The van der Waals surface area contributed by atoms with Gasteiger partial charge in [0.15, 0.2) is 16.6 Å². The lowest BCUT2D eigenvalue weighted by atomic mass is 10.1. The minimum atomic E-state index is -2.38. The maximum Gasteiger partial charge on any atom is 0.301 e. The van der Waals surface area contributed by atoms with Crippen LogP contribution in [-0.2, 0) is 21.3 Å². The van der Waals surface area contributed by atoms with Crippen LogP contribution in [0.15, 0.2) is 44.9 Å². The largest absolute Gasteiger partial charge is 0.394 e. The number of nitrogens with one attached hydrogen (secondary N) is 1. The van der Waals surface area contributed by atoms with Crippen LogP contribution < -0.4 is 5.48 Å². The minimum absolute atomic E-state index is 0.219. The summed E-state index contributed by atoms with van der Waals surface area (Å²) in [6, 6.07) is 3.72. The molecule has 1 aliphatic rings. The molecule has 0 bridgehead atoms. The van der Waals surface area contributed by atoms with Gasteiger partial charge in [0.1, 0.15) is 0 Å². The number of nitrogens with zero attached hydrogens (tertiary/aromatic N) is 2. The van der Waals surface area contributed by atoms with E-state index in [4.69, 9.17) is 4.84 Å². The van der Waals surface area contributed by atoms with Gasteiger partial charge in [0, 0.05) is 18.4 Å². The normalized spacial score (nSPS) is 20.8. The van der Waals surface area contributed by atoms with Crippen molar-refractivity contribution in [3.8, 4) is 0 Å². The van der Waals surface area contributed by atoms with Crippen LogP contribution in [0.25, 0.3) is 0 Å². The SMILES string of the molecule is O=S(CCC(F)=C(F)F)c1ncc(C2(c3cccs3)N=CON2)s1. The van der Waals surface area contributed by atoms with Gasteiger partial charge >= 0.3 is 6.08 Å². The first-order chi connectivity index (χ1) is 11.5. The Hall–Kier alpha value is -1.56. The van der Waals surface area contributed by atoms with E-state index in [0.717, 1.165) is 16.2 Å². The van der Waals surface area contributed by atoms with E-state index in [1.807, 2.05) is 17.5 Å². The zero-order chi connectivity index (χ0) is 17.2. The van der Waals surface area contributed by atoms with Crippen molar-refractivity contribution in [2.45, 2.75) is 16.4 Å². The lowest BCUT2D eigenvalue weighted by molar-refractivity contribution is 0.151. The molecule has 128 valence electrons. The molecule has 2 aromatic heterocycles. The van der Waals surface area contributed by atoms with E-state index >= 15 is 0 Å². The van der Waals surface area contributed by atoms with E-state index in [1.54, 1.807) is 0 Å². The summed E-state index contributed by atoms with van der Waals surface area (Å²) < 4.78 is 49.3. The third-order valence-electron chi connectivity index (χ3n) is 3.13. The summed E-state index contributed by atoms with van der Waals surface area (Å²) in [5.41, 5.74) is 1.83. The number of rotatable bonds is 6. The molecule has 1 N–H and O–H groups in total. The van der Waals surface area contributed by atoms with Crippen LogP contribution in [0.3, 0.4) is 0 Å². The number of thiophene rings is 1. The van der Waals surface area contributed by atoms with Crippen molar-refractivity contribution in [2.24, 2.45) is 4.99 Å². The van der Waals surface area contributed by atoms with Gasteiger partial charge < -0.3 is 4.84 Å². The van der Waals surface area contributed by atoms with Crippen molar-refractivity contribution in [3.05, 3.63) is 45.4 Å². The molecule has 0 radical (unpaired) electrons. The van der Waals surface area contributed by atoms with E-state index in [-0.39, 0.29) is 10.1 Å². The monoisotopic (exact) mass is 393 g/mol. The highest BCUT2D eigenvalue weighted by Gasteiger charge is 2.40. The van der Waals surface area contributed by atoms with Gasteiger partial charge in [-0.2, -0.15) is 8.78 Å². The van der Waals surface area contributed by atoms with Crippen LogP contribution in [0.2, 0.25) is 0 Å². The average molecular weight is 393 g/mol. The summed E-state index contributed by atoms with van der Waals surface area (Å²) in [6.07, 6.45) is -0.219. The number of allylic oxidation sites excluding steroid dienone is 1. The second kappa shape index (κ2) is 7.13. The predicted molar refractivity (Wildman–Crippen MR) is 86.2 cm³/mol. The van der Waals surface area contributed by atoms with Crippen molar-refractivity contribution in [2.75, 3.05) is 5.75 Å². The van der Waals surface area contributed by atoms with Crippen LogP contribution in [0.1, 0.15) is 16.2 Å². The van der Waals surface area contributed by atoms with E-state index in [2.05, 4.69) is 15.5 Å². The lowest BCUT2D eigenvalue weighted by Crippen LogP contribution is -2.35. The predicted octanol–water partition coefficient (Wildman–Crippen LogP) is 3.54. The van der Waals surface area contributed by atoms with Gasteiger partial charge in [0.05, 0.1) is 20.6 Å². The highest BCUT2D eigenvalue weighted by molar-refractivity contribution is 7.87. The van der Waals surface area contributed by atoms with Gasteiger partial charge in [0.25, 0.3) is 0 Å². The standard InChI is InChI=1S/C13H10F3N3O2S3/c14-8(11(15)16)3-5-24(20)12-17-6-10(23-12)13(18-7-21-19-13)9-2-1-4-22-9/h1-2,4,6-7,19H,3,5H2. The first-order valence-corrected chi connectivity index (χ1v) is 9.59. The fraction of sp³-hybridized carbons (Fsp3) is 0.231. The van der Waals surface area contributed by atoms with Crippen LogP contribution in [0, 0.1) is 0 Å². The van der Waals surface area contributed by atoms with Gasteiger partial charge in [-0.3, -0.25) is 4.21 Å². The second-order valence-electron chi connectivity index (χ2n) is 4.60. The zero-order valence-electron chi connectivity index (χ0n) is 11.9. The third-order valence-corrected chi connectivity index (χ3v) is 6.89. The first-order valence-electron chi connectivity index (χ1n) is 6.58. The van der Waals surface area contributed by atoms with Crippen LogP contribution in [0.4, 0.5) is 13.2 Å². The molecule has 0 spiro atoms. The number of aliphatic imine (C=N–C) groups is 1. The highest BCUT2D eigenvalue weighted by atomic mass is 32.2. The van der Waals surface area contributed by atoms with E-state index in [9.17, 15) is 17.4 Å². The van der Waals surface area contributed by atoms with Crippen molar-refractivity contribution >= 4 is 39.9 Å². The zero-order valence-corrected chi connectivity index (χ0v) is 14.3. The molecule has 2 aromatic rings. The van der Waals surface area contributed by atoms with E-state index in [0.29, 0.717) is 4.88 Å². The second-order valence-corrected chi connectivity index (χ2v) is 8.32. The Balaban J connectivity index is 1.81. The fourth-order valence-electron chi connectivity index (χ4n) is 1.97. The molecule has 1 aliphatic heterocycles. The molecule has 2 atom stereocenters. The molecule has 11 heteroatoms. The Kier molecular flexibility index (Phi) is 5.13. The summed E-state index contributed by atoms with van der Waals surface area (Å²) >= 11 is 2.57. The Morgan fingerprint density at radius 2 is 2.21 bits per heavy atom. The van der Waals surface area contributed by atoms with Crippen molar-refractivity contribution in [3.63, 3.8) is 0 Å². The average Bonchev–Trinajstić information content (AvgIpc) is 3.32. The van der Waals surface area contributed by atoms with Gasteiger partial charge in [-0.1, -0.05) is 6.07 Å². The molecule has 0 fully saturated rings. The molecule has 3 heterocycles. The highest BCUT2D eigenvalue weighted by Crippen LogP contribution is 2.39. The quantitative estimate of drug-likeness (QED) is 0.815. The molecule has 0 aromatic carbocycles. The van der Waals surface area contributed by atoms with Crippen LogP contribution in [0.5, 0.6) is 0 Å². The first kappa shape index (κ1) is 17.3. The Bertz CT molecular complexity index is 802. The molecular weight excluding hydrogens is 383 g/mol. The number of hydrogen-bond acceptors (Lipinski definition) is 7. The molecule has 2 unspecified atom stereocenters. The van der Waals surface area contributed by atoms with E-state index < -0.39 is 34.8 Å². The third kappa shape index (κ3) is 3.29. The number of hydroxylamine groups is 1. The maximum atomic E-state index is 12.8. The van der Waals surface area contributed by atoms with Gasteiger partial charge in [-0.25, -0.2) is 14.4 Å². The molecular formula is C13H10F3N3O2S3. The fourth-order valence-corrected chi connectivity index (χ4v) is 5.22. The summed E-state index contributed by atoms with van der Waals surface area (Å²) in [7, 11) is -1.68. The Morgan fingerprint density at radius 1 is 1.38 bits per heavy atom. The van der Waals surface area contributed by atoms with Crippen molar-refractivity contribution in [1.29, 1.82) is 0 Å². The summed E-state index contributed by atoms with van der Waals surface area (Å²) in [5, 5.41) is 1.88. The van der Waals surface area contributed by atoms with Crippen LogP contribution >= 0.6 is 22.7 Å². The van der Waals surface area contributed by atoms with E-state index in [1.165, 1.54) is 23.9 Å². The molecule has 0 saturated carbocycles. The number of aromatic nitrogens is 1.